The maximum absolute atomic E-state index is 11.7. The molecule has 0 saturated heterocycles. The summed E-state index contributed by atoms with van der Waals surface area (Å²) in [7, 11) is 0. The van der Waals surface area contributed by atoms with Gasteiger partial charge in [-0.15, -0.1) is 0 Å². The second-order valence-electron chi connectivity index (χ2n) is 5.60. The quantitative estimate of drug-likeness (QED) is 0.711. The number of hydrogen-bond acceptors (Lipinski definition) is 3. The van der Waals surface area contributed by atoms with Crippen LogP contribution in [0, 0.1) is 5.41 Å². The monoisotopic (exact) mass is 291 g/mol. The fraction of sp³-hybridized carbons (Fsp3) is 0.533. The highest BCUT2D eigenvalue weighted by Gasteiger charge is 2.39. The highest BCUT2D eigenvalue weighted by molar-refractivity contribution is 5.74. The number of carbonyl (C=O) groups excluding carboxylic acids is 1. The van der Waals surface area contributed by atoms with E-state index in [0.717, 1.165) is 25.0 Å². The van der Waals surface area contributed by atoms with Crippen LogP contribution in [0.1, 0.15) is 31.4 Å². The number of hydrogen-bond donors (Lipinski definition) is 3. The summed E-state index contributed by atoms with van der Waals surface area (Å²) < 4.78 is 0. The molecule has 6 heteroatoms. The van der Waals surface area contributed by atoms with E-state index in [1.54, 1.807) is 6.20 Å². The van der Waals surface area contributed by atoms with Crippen LogP contribution in [0.25, 0.3) is 0 Å². The lowest BCUT2D eigenvalue weighted by Gasteiger charge is -2.40. The lowest BCUT2D eigenvalue weighted by atomic mass is 9.66. The van der Waals surface area contributed by atoms with E-state index in [1.165, 1.54) is 0 Å². The number of pyridine rings is 1. The third kappa shape index (κ3) is 4.73. The second-order valence-corrected chi connectivity index (χ2v) is 5.60. The number of carboxylic acid groups (broad SMARTS) is 1. The largest absolute Gasteiger partial charge is 0.481 e. The molecule has 2 amide bonds. The lowest BCUT2D eigenvalue weighted by Crippen LogP contribution is -2.46. The van der Waals surface area contributed by atoms with Crippen molar-refractivity contribution in [1.29, 1.82) is 0 Å². The summed E-state index contributed by atoms with van der Waals surface area (Å²) in [6.07, 6.45) is 5.30. The van der Waals surface area contributed by atoms with Gasteiger partial charge in [0.25, 0.3) is 0 Å². The van der Waals surface area contributed by atoms with Crippen LogP contribution in [0.5, 0.6) is 0 Å². The van der Waals surface area contributed by atoms with Crippen molar-refractivity contribution in [2.24, 2.45) is 5.41 Å². The van der Waals surface area contributed by atoms with Crippen LogP contribution in [0.15, 0.2) is 24.4 Å². The van der Waals surface area contributed by atoms with Gasteiger partial charge in [0.1, 0.15) is 0 Å². The van der Waals surface area contributed by atoms with Crippen molar-refractivity contribution in [3.8, 4) is 0 Å². The first kappa shape index (κ1) is 15.3. The fourth-order valence-electron chi connectivity index (χ4n) is 2.59. The van der Waals surface area contributed by atoms with Crippen molar-refractivity contribution < 1.29 is 14.7 Å². The molecule has 0 unspecified atom stereocenters. The first-order valence-corrected chi connectivity index (χ1v) is 7.23. The Kier molecular flexibility index (Phi) is 5.14. The van der Waals surface area contributed by atoms with Gasteiger partial charge in [0.2, 0.25) is 0 Å². The molecule has 0 atom stereocenters. The Morgan fingerprint density at radius 2 is 2.10 bits per heavy atom. The Hall–Kier alpha value is -2.11. The van der Waals surface area contributed by atoms with Gasteiger partial charge in [-0.25, -0.2) is 4.79 Å². The summed E-state index contributed by atoms with van der Waals surface area (Å²) in [5.41, 5.74) is 0.684. The van der Waals surface area contributed by atoms with Gasteiger partial charge in [-0.05, 0) is 30.4 Å². The van der Waals surface area contributed by atoms with Crippen LogP contribution >= 0.6 is 0 Å². The fourth-order valence-corrected chi connectivity index (χ4v) is 2.59. The minimum atomic E-state index is -0.799. The van der Waals surface area contributed by atoms with Gasteiger partial charge in [-0.3, -0.25) is 9.78 Å². The summed E-state index contributed by atoms with van der Waals surface area (Å²) in [5, 5.41) is 14.5. The number of nitrogens with zero attached hydrogens (tertiary/aromatic N) is 1. The lowest BCUT2D eigenvalue weighted by molar-refractivity contribution is -0.141. The molecule has 6 nitrogen and oxygen atoms in total. The van der Waals surface area contributed by atoms with Crippen molar-refractivity contribution in [2.45, 2.75) is 32.1 Å². The first-order chi connectivity index (χ1) is 10.1. The third-order valence-electron chi connectivity index (χ3n) is 3.96. The maximum atomic E-state index is 11.7. The molecular formula is C15H21N3O3. The van der Waals surface area contributed by atoms with Crippen LogP contribution in [0.4, 0.5) is 4.79 Å². The van der Waals surface area contributed by atoms with E-state index in [0.29, 0.717) is 19.5 Å². The molecule has 2 rings (SSSR count). The minimum Gasteiger partial charge on any atom is -0.481 e. The van der Waals surface area contributed by atoms with E-state index in [1.807, 2.05) is 18.2 Å². The van der Waals surface area contributed by atoms with Gasteiger partial charge >= 0.3 is 12.0 Å². The van der Waals surface area contributed by atoms with Crippen LogP contribution in [0.3, 0.4) is 0 Å². The molecule has 1 fully saturated rings. The van der Waals surface area contributed by atoms with Crippen LogP contribution < -0.4 is 10.6 Å². The first-order valence-electron chi connectivity index (χ1n) is 7.23. The number of aromatic nitrogens is 1. The molecule has 21 heavy (non-hydrogen) atoms. The van der Waals surface area contributed by atoms with Crippen molar-refractivity contribution in [2.75, 3.05) is 13.1 Å². The molecule has 0 aromatic carbocycles. The summed E-state index contributed by atoms with van der Waals surface area (Å²) in [5.74, 6) is -0.799. The summed E-state index contributed by atoms with van der Waals surface area (Å²) in [6.45, 7) is 0.934. The van der Waals surface area contributed by atoms with Crippen molar-refractivity contribution in [3.05, 3.63) is 30.1 Å². The second kappa shape index (κ2) is 7.06. The summed E-state index contributed by atoms with van der Waals surface area (Å²) in [4.78, 5) is 26.7. The molecule has 1 aromatic heterocycles. The van der Waals surface area contributed by atoms with Gasteiger partial charge < -0.3 is 15.7 Å². The van der Waals surface area contributed by atoms with E-state index in [9.17, 15) is 9.59 Å². The van der Waals surface area contributed by atoms with E-state index >= 15 is 0 Å². The minimum absolute atomic E-state index is 0.126. The van der Waals surface area contributed by atoms with Crippen molar-refractivity contribution >= 4 is 12.0 Å². The van der Waals surface area contributed by atoms with E-state index in [4.69, 9.17) is 5.11 Å². The molecule has 1 aliphatic carbocycles. The highest BCUT2D eigenvalue weighted by atomic mass is 16.4. The third-order valence-corrected chi connectivity index (χ3v) is 3.96. The van der Waals surface area contributed by atoms with Gasteiger partial charge in [0, 0.05) is 31.4 Å². The highest BCUT2D eigenvalue weighted by Crippen LogP contribution is 2.43. The molecule has 1 aliphatic rings. The SMILES string of the molecule is O=C(O)CC1(CNC(=O)NCCc2ccccn2)CCC1. The number of carbonyl (C=O) groups is 2. The molecule has 0 aliphatic heterocycles. The van der Waals surface area contributed by atoms with E-state index < -0.39 is 5.97 Å². The molecular weight excluding hydrogens is 270 g/mol. The molecule has 1 saturated carbocycles. The van der Waals surface area contributed by atoms with Crippen molar-refractivity contribution in [3.63, 3.8) is 0 Å². The smallest absolute Gasteiger partial charge is 0.314 e. The Morgan fingerprint density at radius 1 is 1.29 bits per heavy atom. The van der Waals surface area contributed by atoms with Gasteiger partial charge in [-0.1, -0.05) is 12.5 Å². The van der Waals surface area contributed by atoms with Crippen LogP contribution in [-0.4, -0.2) is 35.2 Å². The predicted octanol–water partition coefficient (Wildman–Crippen LogP) is 1.57. The zero-order valence-electron chi connectivity index (χ0n) is 12.0. The van der Waals surface area contributed by atoms with Crippen LogP contribution in [0.2, 0.25) is 0 Å². The number of aliphatic carboxylic acids is 1. The zero-order chi connectivity index (χ0) is 15.1. The van der Waals surface area contributed by atoms with Gasteiger partial charge in [0.15, 0.2) is 0 Å². The summed E-state index contributed by atoms with van der Waals surface area (Å²) in [6, 6.07) is 5.43. The van der Waals surface area contributed by atoms with Crippen LogP contribution in [-0.2, 0) is 11.2 Å². The maximum Gasteiger partial charge on any atom is 0.314 e. The predicted molar refractivity (Wildman–Crippen MR) is 77.9 cm³/mol. The normalized spacial score (nSPS) is 15.8. The molecule has 114 valence electrons. The Balaban J connectivity index is 1.66. The Labute approximate surface area is 124 Å². The standard InChI is InChI=1S/C15H21N3O3/c19-13(20)10-15(6-3-7-15)11-18-14(21)17-9-5-12-4-1-2-8-16-12/h1-2,4,8H,3,5-7,9-11H2,(H,19,20)(H2,17,18,21). The Morgan fingerprint density at radius 3 is 2.67 bits per heavy atom. The molecule has 1 aromatic rings. The number of urea groups is 1. The summed E-state index contributed by atoms with van der Waals surface area (Å²) >= 11 is 0. The molecule has 0 spiro atoms. The molecule has 1 heterocycles. The average Bonchev–Trinajstić information content (AvgIpc) is 2.42. The number of nitrogens with one attached hydrogen (secondary N) is 2. The van der Waals surface area contributed by atoms with E-state index in [-0.39, 0.29) is 17.9 Å². The Bertz CT molecular complexity index is 486. The molecule has 0 bridgehead atoms. The average molecular weight is 291 g/mol. The van der Waals surface area contributed by atoms with E-state index in [2.05, 4.69) is 15.6 Å². The number of rotatable bonds is 7. The van der Waals surface area contributed by atoms with Gasteiger partial charge in [-0.2, -0.15) is 0 Å². The molecule has 0 radical (unpaired) electrons. The van der Waals surface area contributed by atoms with Gasteiger partial charge in [0.05, 0.1) is 6.42 Å². The van der Waals surface area contributed by atoms with Crippen molar-refractivity contribution in [1.82, 2.24) is 15.6 Å². The number of amides is 2. The topological polar surface area (TPSA) is 91.3 Å². The zero-order valence-corrected chi connectivity index (χ0v) is 12.0. The molecule has 3 N–H and O–H groups in total. The number of carboxylic acids is 1.